The fourth-order valence-corrected chi connectivity index (χ4v) is 3.62. The largest absolute Gasteiger partial charge is 0.756 e. The quantitative estimate of drug-likeness (QED) is 0.0818. The van der Waals surface area contributed by atoms with Crippen LogP contribution in [0.4, 0.5) is 0 Å². The van der Waals surface area contributed by atoms with Crippen LogP contribution in [0.25, 0.3) is 0 Å². The molecule has 34 heavy (non-hydrogen) atoms. The van der Waals surface area contributed by atoms with Crippen LogP contribution in [-0.2, 0) is 23.1 Å². The number of esters is 1. The Balaban J connectivity index is 3.61. The number of rotatable bonds is 23. The van der Waals surface area contributed by atoms with Gasteiger partial charge in [0.25, 0.3) is 7.82 Å². The molecule has 0 aliphatic rings. The van der Waals surface area contributed by atoms with E-state index in [1.54, 1.807) is 0 Å². The van der Waals surface area contributed by atoms with Crippen molar-refractivity contribution in [1.82, 2.24) is 0 Å². The van der Waals surface area contributed by atoms with Crippen molar-refractivity contribution in [3.63, 3.8) is 0 Å². The summed E-state index contributed by atoms with van der Waals surface area (Å²) in [6.45, 7) is -0.142. The van der Waals surface area contributed by atoms with E-state index < -0.39 is 52.4 Å². The minimum atomic E-state index is -4.74. The van der Waals surface area contributed by atoms with Gasteiger partial charge in [0.15, 0.2) is 0 Å². The highest BCUT2D eigenvalue weighted by molar-refractivity contribution is 7.45. The maximum absolute atomic E-state index is 11.7. The lowest BCUT2D eigenvalue weighted by Gasteiger charge is -2.24. The lowest BCUT2D eigenvalue weighted by atomic mass is 10.1. The number of phosphoric acid groups is 1. The van der Waals surface area contributed by atoms with Crippen LogP contribution < -0.4 is 4.89 Å². The molecule has 0 amide bonds. The first-order chi connectivity index (χ1) is 16.3. The Morgan fingerprint density at radius 1 is 0.853 bits per heavy atom. The zero-order valence-electron chi connectivity index (χ0n) is 20.5. The standard InChI is InChI=1S/C24H45O9P/c1-2-3-4-5-6-7-8-9-10-11-12-13-14-15-16-17-24(28)31-19-23(27)21-33-34(29,30)32-20-22(26)18-25/h6-7,9-10,22-23,25-27H,2-5,8,11-21H2,1H3,(H,29,30)/p-1/b7-6-,10-9-/t22-,23+/m0/s1. The molecular formula is C24H44O9P-. The molecule has 0 aliphatic carbocycles. The van der Waals surface area contributed by atoms with Gasteiger partial charge in [-0.05, 0) is 38.5 Å². The van der Waals surface area contributed by atoms with Crippen LogP contribution in [0.1, 0.15) is 84.0 Å². The number of hydrogen-bond acceptors (Lipinski definition) is 9. The molecule has 0 saturated carbocycles. The Bertz CT molecular complexity index is 595. The third-order valence-electron chi connectivity index (χ3n) is 4.83. The molecule has 0 rings (SSSR count). The summed E-state index contributed by atoms with van der Waals surface area (Å²) in [6.07, 6.45) is 18.4. The van der Waals surface area contributed by atoms with E-state index in [-0.39, 0.29) is 6.42 Å². The van der Waals surface area contributed by atoms with E-state index in [2.05, 4.69) is 40.3 Å². The van der Waals surface area contributed by atoms with E-state index in [1.807, 2.05) is 0 Å². The molecular weight excluding hydrogens is 463 g/mol. The Morgan fingerprint density at radius 3 is 2.03 bits per heavy atom. The number of carbonyl (C=O) groups is 1. The summed E-state index contributed by atoms with van der Waals surface area (Å²) in [5, 5.41) is 27.3. The lowest BCUT2D eigenvalue weighted by Crippen LogP contribution is -2.26. The molecule has 0 radical (unpaired) electrons. The second-order valence-corrected chi connectivity index (χ2v) is 9.60. The molecule has 0 aromatic rings. The highest BCUT2D eigenvalue weighted by Crippen LogP contribution is 2.38. The lowest BCUT2D eigenvalue weighted by molar-refractivity contribution is -0.229. The molecule has 0 aromatic heterocycles. The number of allylic oxidation sites excluding steroid dienone is 4. The minimum absolute atomic E-state index is 0.236. The van der Waals surface area contributed by atoms with E-state index in [4.69, 9.17) is 14.9 Å². The normalized spacial score (nSPS) is 15.6. The van der Waals surface area contributed by atoms with Gasteiger partial charge < -0.3 is 34.0 Å². The average Bonchev–Trinajstić information content (AvgIpc) is 2.82. The predicted molar refractivity (Wildman–Crippen MR) is 129 cm³/mol. The van der Waals surface area contributed by atoms with Gasteiger partial charge in [-0.15, -0.1) is 0 Å². The number of hydrogen-bond donors (Lipinski definition) is 3. The molecule has 200 valence electrons. The van der Waals surface area contributed by atoms with Crippen LogP contribution in [0.5, 0.6) is 0 Å². The number of aliphatic hydroxyl groups is 3. The van der Waals surface area contributed by atoms with E-state index in [0.717, 1.165) is 38.5 Å². The molecule has 0 aliphatic heterocycles. The van der Waals surface area contributed by atoms with Gasteiger partial charge >= 0.3 is 5.97 Å². The highest BCUT2D eigenvalue weighted by Gasteiger charge is 2.16. The van der Waals surface area contributed by atoms with Crippen LogP contribution in [0, 0.1) is 0 Å². The van der Waals surface area contributed by atoms with Crippen molar-refractivity contribution in [3.05, 3.63) is 24.3 Å². The molecule has 0 fully saturated rings. The maximum atomic E-state index is 11.7. The van der Waals surface area contributed by atoms with E-state index >= 15 is 0 Å². The molecule has 0 aromatic carbocycles. The van der Waals surface area contributed by atoms with Gasteiger partial charge in [0.05, 0.1) is 19.8 Å². The van der Waals surface area contributed by atoms with Crippen LogP contribution in [0.3, 0.4) is 0 Å². The molecule has 0 bridgehead atoms. The zero-order chi connectivity index (χ0) is 25.5. The molecule has 0 heterocycles. The van der Waals surface area contributed by atoms with E-state index in [0.29, 0.717) is 6.42 Å². The summed E-state index contributed by atoms with van der Waals surface area (Å²) in [7, 11) is -4.74. The monoisotopic (exact) mass is 507 g/mol. The number of carbonyl (C=O) groups excluding carboxylic acids is 1. The van der Waals surface area contributed by atoms with Gasteiger partial charge in [0.1, 0.15) is 18.8 Å². The van der Waals surface area contributed by atoms with Gasteiger partial charge in [-0.2, -0.15) is 0 Å². The van der Waals surface area contributed by atoms with Crippen molar-refractivity contribution in [2.45, 2.75) is 96.2 Å². The molecule has 0 saturated heterocycles. The van der Waals surface area contributed by atoms with Crippen molar-refractivity contribution >= 4 is 13.8 Å². The third-order valence-corrected chi connectivity index (χ3v) is 5.76. The number of ether oxygens (including phenoxy) is 1. The summed E-state index contributed by atoms with van der Waals surface area (Å²) in [5.41, 5.74) is 0. The first-order valence-electron chi connectivity index (χ1n) is 12.3. The summed E-state index contributed by atoms with van der Waals surface area (Å²) in [6, 6.07) is 0. The van der Waals surface area contributed by atoms with E-state index in [9.17, 15) is 19.4 Å². The first-order valence-corrected chi connectivity index (χ1v) is 13.8. The fourth-order valence-electron chi connectivity index (χ4n) is 2.83. The molecule has 10 heteroatoms. The summed E-state index contributed by atoms with van der Waals surface area (Å²) >= 11 is 0. The fraction of sp³-hybridized carbons (Fsp3) is 0.792. The van der Waals surface area contributed by atoms with Gasteiger partial charge in [0.2, 0.25) is 0 Å². The van der Waals surface area contributed by atoms with Crippen molar-refractivity contribution in [2.75, 3.05) is 26.4 Å². The van der Waals surface area contributed by atoms with Crippen LogP contribution in [0.2, 0.25) is 0 Å². The number of aliphatic hydroxyl groups excluding tert-OH is 3. The van der Waals surface area contributed by atoms with Crippen molar-refractivity contribution in [1.29, 1.82) is 0 Å². The van der Waals surface area contributed by atoms with Crippen LogP contribution >= 0.6 is 7.82 Å². The molecule has 3 N–H and O–H groups in total. The Kier molecular flexibility index (Phi) is 21.7. The van der Waals surface area contributed by atoms with Crippen molar-refractivity contribution in [2.24, 2.45) is 0 Å². The van der Waals surface area contributed by atoms with Gasteiger partial charge in [-0.25, -0.2) is 0 Å². The number of unbranched alkanes of at least 4 members (excludes halogenated alkanes) is 8. The van der Waals surface area contributed by atoms with Gasteiger partial charge in [-0.1, -0.05) is 63.3 Å². The summed E-state index contributed by atoms with van der Waals surface area (Å²) < 4.78 is 25.1. The Hall–Kier alpha value is -1.06. The minimum Gasteiger partial charge on any atom is -0.756 e. The number of phosphoric ester groups is 1. The Labute approximate surface area is 204 Å². The molecule has 1 unspecified atom stereocenters. The topological polar surface area (TPSA) is 146 Å². The zero-order valence-corrected chi connectivity index (χ0v) is 21.4. The van der Waals surface area contributed by atoms with Gasteiger partial charge in [0, 0.05) is 6.42 Å². The average molecular weight is 508 g/mol. The summed E-state index contributed by atoms with van der Waals surface area (Å²) in [5.74, 6) is -0.461. The molecule has 3 atom stereocenters. The molecule has 0 spiro atoms. The van der Waals surface area contributed by atoms with Crippen molar-refractivity contribution in [3.8, 4) is 0 Å². The third kappa shape index (κ3) is 22.7. The first kappa shape index (κ1) is 32.9. The maximum Gasteiger partial charge on any atom is 0.305 e. The van der Waals surface area contributed by atoms with Crippen LogP contribution in [-0.4, -0.2) is 59.9 Å². The highest BCUT2D eigenvalue weighted by atomic mass is 31.2. The Morgan fingerprint density at radius 2 is 1.41 bits per heavy atom. The SMILES string of the molecule is CCCCC/C=C\C/C=C\CCCCCCCC(=O)OC[C@@H](O)COP(=O)([O-])OC[C@@H](O)CO. The smallest absolute Gasteiger partial charge is 0.305 e. The summed E-state index contributed by atoms with van der Waals surface area (Å²) in [4.78, 5) is 23.1. The second kappa shape index (κ2) is 22.4. The van der Waals surface area contributed by atoms with Crippen LogP contribution in [0.15, 0.2) is 24.3 Å². The molecule has 9 nitrogen and oxygen atoms in total. The second-order valence-electron chi connectivity index (χ2n) is 8.19. The predicted octanol–water partition coefficient (Wildman–Crippen LogP) is 3.56. The van der Waals surface area contributed by atoms with Gasteiger partial charge in [-0.3, -0.25) is 9.36 Å². The van der Waals surface area contributed by atoms with E-state index in [1.165, 1.54) is 25.7 Å². The van der Waals surface area contributed by atoms with Crippen molar-refractivity contribution < 1.29 is 43.4 Å².